The van der Waals surface area contributed by atoms with E-state index in [2.05, 4.69) is 24.3 Å². The average Bonchev–Trinajstić information content (AvgIpc) is 3.98. The van der Waals surface area contributed by atoms with Gasteiger partial charge in [0.2, 0.25) is 5.95 Å². The Bertz CT molecular complexity index is 3760. The number of benzene rings is 7. The molecule has 5 nitrogen and oxygen atoms in total. The highest BCUT2D eigenvalue weighted by Crippen LogP contribution is 2.43. The molecule has 4 aromatic heterocycles. The Hall–Kier alpha value is -6.63. The molecule has 0 aliphatic heterocycles. The van der Waals surface area contributed by atoms with Crippen molar-refractivity contribution >= 4 is 75.3 Å². The molecule has 4 heterocycles. The van der Waals surface area contributed by atoms with Gasteiger partial charge in [-0.2, -0.15) is 9.97 Å². The van der Waals surface area contributed by atoms with Crippen molar-refractivity contribution in [1.29, 1.82) is 0 Å². The van der Waals surface area contributed by atoms with Gasteiger partial charge in [-0.05, 0) is 41.4 Å². The molecule has 0 unspecified atom stereocenters. The number of thiophene rings is 1. The molecule has 0 radical (unpaired) electrons. The van der Waals surface area contributed by atoms with Crippen LogP contribution in [0.1, 0.15) is 15.1 Å². The zero-order valence-corrected chi connectivity index (χ0v) is 27.1. The minimum absolute atomic E-state index is 0.117. The minimum Gasteiger partial charge on any atom is -0.456 e. The molecule has 0 N–H and O–H groups in total. The molecule has 0 spiro atoms. The fourth-order valence-corrected chi connectivity index (χ4v) is 8.09. The predicted octanol–water partition coefficient (Wildman–Crippen LogP) is 12.2. The largest absolute Gasteiger partial charge is 0.456 e. The van der Waals surface area contributed by atoms with E-state index in [4.69, 9.17) is 30.3 Å². The van der Waals surface area contributed by atoms with Gasteiger partial charge in [0.1, 0.15) is 11.2 Å². The lowest BCUT2D eigenvalue weighted by atomic mass is 9.99. The van der Waals surface area contributed by atoms with Gasteiger partial charge in [-0.25, -0.2) is 4.98 Å². The van der Waals surface area contributed by atoms with Crippen LogP contribution in [0.4, 0.5) is 0 Å². The molecule has 0 atom stereocenters. The molecule has 11 rings (SSSR count). The van der Waals surface area contributed by atoms with Crippen LogP contribution in [0.2, 0.25) is 0 Å². The zero-order valence-electron chi connectivity index (χ0n) is 37.3. The van der Waals surface area contributed by atoms with Gasteiger partial charge in [-0.1, -0.05) is 127 Å². The van der Waals surface area contributed by atoms with E-state index in [1.54, 1.807) is 11.3 Å². The maximum atomic E-state index is 9.62. The Morgan fingerprint density at radius 1 is 0.549 bits per heavy atom. The summed E-state index contributed by atoms with van der Waals surface area (Å²) in [6, 6.07) is 22.8. The lowest BCUT2D eigenvalue weighted by Crippen LogP contribution is -2.06. The van der Waals surface area contributed by atoms with E-state index in [0.29, 0.717) is 5.56 Å². The third-order valence-electron chi connectivity index (χ3n) is 9.08. The topological polar surface area (TPSA) is 56.7 Å². The van der Waals surface area contributed by atoms with Crippen LogP contribution in [0.5, 0.6) is 0 Å². The normalized spacial score (nSPS) is 14.9. The molecule has 0 aliphatic rings. The molecule has 0 saturated carbocycles. The molecule has 51 heavy (non-hydrogen) atoms. The van der Waals surface area contributed by atoms with Gasteiger partial charge < -0.3 is 4.42 Å². The van der Waals surface area contributed by atoms with Crippen LogP contribution in [0, 0.1) is 0 Å². The Morgan fingerprint density at radius 2 is 1.31 bits per heavy atom. The summed E-state index contributed by atoms with van der Waals surface area (Å²) in [4.78, 5) is 14.8. The summed E-state index contributed by atoms with van der Waals surface area (Å²) in [6.07, 6.45) is 0. The van der Waals surface area contributed by atoms with E-state index >= 15 is 0 Å². The molecule has 0 aliphatic carbocycles. The average molecular weight is 682 g/mol. The van der Waals surface area contributed by atoms with Crippen LogP contribution in [0.3, 0.4) is 0 Å². The third-order valence-corrected chi connectivity index (χ3v) is 10.3. The van der Waals surface area contributed by atoms with E-state index in [1.807, 2.05) is 71.3 Å². The Kier molecular flexibility index (Phi) is 4.19. The van der Waals surface area contributed by atoms with Crippen molar-refractivity contribution in [2.24, 2.45) is 0 Å². The molecule has 0 bridgehead atoms. The van der Waals surface area contributed by atoms with E-state index in [1.165, 1.54) is 0 Å². The van der Waals surface area contributed by atoms with Crippen molar-refractivity contribution in [3.8, 4) is 39.9 Å². The summed E-state index contributed by atoms with van der Waals surface area (Å²) in [5, 5.41) is 3.68. The quantitative estimate of drug-likeness (QED) is 0.185. The molecule has 11 aromatic rings. The number of para-hydroxylation sites is 1. The van der Waals surface area contributed by atoms with E-state index in [-0.39, 0.29) is 50.7 Å². The van der Waals surface area contributed by atoms with Crippen LogP contribution in [-0.4, -0.2) is 19.5 Å². The number of furan rings is 1. The van der Waals surface area contributed by atoms with E-state index < -0.39 is 72.0 Å². The smallest absolute Gasteiger partial charge is 0.238 e. The predicted molar refractivity (Wildman–Crippen MR) is 211 cm³/mol. The molecular weight excluding hydrogens is 645 g/mol. The van der Waals surface area contributed by atoms with Crippen LogP contribution in [-0.2, 0) is 0 Å². The van der Waals surface area contributed by atoms with Gasteiger partial charge in [0.05, 0.1) is 30.8 Å². The molecule has 6 heteroatoms. The Morgan fingerprint density at radius 3 is 2.20 bits per heavy atom. The van der Waals surface area contributed by atoms with Crippen LogP contribution >= 0.6 is 11.3 Å². The second kappa shape index (κ2) is 10.9. The first-order valence-electron chi connectivity index (χ1n) is 21.6. The molecule has 0 amide bonds. The summed E-state index contributed by atoms with van der Waals surface area (Å²) in [6.45, 7) is 0. The van der Waals surface area contributed by atoms with Crippen LogP contribution in [0.15, 0.2) is 162 Å². The van der Waals surface area contributed by atoms with Gasteiger partial charge in [-0.3, -0.25) is 4.57 Å². The summed E-state index contributed by atoms with van der Waals surface area (Å²) in [7, 11) is 0. The maximum absolute atomic E-state index is 9.62. The van der Waals surface area contributed by atoms with Crippen molar-refractivity contribution in [3.63, 3.8) is 0 Å². The number of hydrogen-bond donors (Lipinski definition) is 0. The van der Waals surface area contributed by atoms with E-state index in [0.717, 1.165) is 42.0 Å². The number of rotatable bonds is 4. The monoisotopic (exact) mass is 681 g/mol. The van der Waals surface area contributed by atoms with Crippen LogP contribution in [0.25, 0.3) is 104 Å². The molecule has 0 fully saturated rings. The fraction of sp³-hybridized carbons (Fsp3) is 0. The molecule has 238 valence electrons. The fourth-order valence-electron chi connectivity index (χ4n) is 6.85. The first-order valence-corrected chi connectivity index (χ1v) is 16.9. The number of fused-ring (bicyclic) bond motifs is 10. The second-order valence-electron chi connectivity index (χ2n) is 11.9. The lowest BCUT2D eigenvalue weighted by molar-refractivity contribution is 0.669. The SMILES string of the molecule is [2H]c1c([2H])c([2H])c(-c2c([2H])c([2H])c([2H])c3oc4c([2H])c(-c5nc(-c6ccccc6)nc(-n6c7ccccc7c7ccc8c9ccccc9sc8c76)n5)c([2H])c([2H])c4c23)c([2H])c1[2H]. The summed E-state index contributed by atoms with van der Waals surface area (Å²) in [5.41, 5.74) is 0.663. The number of hydrogen-bond acceptors (Lipinski definition) is 5. The zero-order chi connectivity index (χ0) is 43.0. The van der Waals surface area contributed by atoms with Crippen molar-refractivity contribution in [2.75, 3.05) is 0 Å². The summed E-state index contributed by atoms with van der Waals surface area (Å²) >= 11 is 1.65. The highest BCUT2D eigenvalue weighted by molar-refractivity contribution is 7.26. The summed E-state index contributed by atoms with van der Waals surface area (Å²) in [5.74, 6) is 0.299. The van der Waals surface area contributed by atoms with Gasteiger partial charge >= 0.3 is 0 Å². The lowest BCUT2D eigenvalue weighted by Gasteiger charge is -2.11. The third kappa shape index (κ3) is 4.30. The van der Waals surface area contributed by atoms with Crippen molar-refractivity contribution in [3.05, 3.63) is 157 Å². The maximum Gasteiger partial charge on any atom is 0.238 e. The number of aromatic nitrogens is 4. The second-order valence-corrected chi connectivity index (χ2v) is 13.0. The highest BCUT2D eigenvalue weighted by Gasteiger charge is 2.22. The Balaban J connectivity index is 1.25. The minimum atomic E-state index is -0.685. The standard InChI is InChI=1S/C45H26N4OS/c1-3-12-27(13-4-1)30-18-11-20-37-40(30)35-23-22-29(26-38(35)50-37)44-46-43(28-14-5-2-6-15-28)47-45(48-44)49-36-19-9-7-16-31(36)33-24-25-34-32-17-8-10-21-39(32)51-42(34)41(33)49/h1-26H/i1D,3D,4D,11D,12D,13D,18D,20D,22D,23D,26D. The van der Waals surface area contributed by atoms with E-state index in [9.17, 15) is 4.11 Å². The Labute approximate surface area is 311 Å². The number of nitrogens with zero attached hydrogens (tertiary/aromatic N) is 4. The van der Waals surface area contributed by atoms with Crippen molar-refractivity contribution < 1.29 is 19.5 Å². The summed E-state index contributed by atoms with van der Waals surface area (Å²) < 4.78 is 107. The van der Waals surface area contributed by atoms with Crippen LogP contribution < -0.4 is 0 Å². The van der Waals surface area contributed by atoms with Gasteiger partial charge in [0.15, 0.2) is 11.6 Å². The molecule has 7 aromatic carbocycles. The van der Waals surface area contributed by atoms with Crippen molar-refractivity contribution in [2.45, 2.75) is 0 Å². The first kappa shape index (κ1) is 19.5. The molecule has 0 saturated heterocycles. The first-order chi connectivity index (χ1) is 29.9. The highest BCUT2D eigenvalue weighted by atomic mass is 32.1. The van der Waals surface area contributed by atoms with Gasteiger partial charge in [0, 0.05) is 48.1 Å². The van der Waals surface area contributed by atoms with Gasteiger partial charge in [-0.15, -0.1) is 11.3 Å². The van der Waals surface area contributed by atoms with Gasteiger partial charge in [0.25, 0.3) is 0 Å². The molecular formula is C45H26N4OS. The van der Waals surface area contributed by atoms with Crippen molar-refractivity contribution in [1.82, 2.24) is 19.5 Å².